The molecule has 0 spiro atoms. The lowest BCUT2D eigenvalue weighted by Gasteiger charge is -2.29. The van der Waals surface area contributed by atoms with Crippen LogP contribution in [0.1, 0.15) is 65.2 Å². The number of amides is 3. The minimum Gasteiger partial charge on any atom is -0.370 e. The van der Waals surface area contributed by atoms with E-state index in [9.17, 15) is 19.2 Å². The van der Waals surface area contributed by atoms with Crippen molar-refractivity contribution >= 4 is 30.0 Å². The number of guanidine groups is 1. The molecule has 1 aliphatic rings. The number of nitrogens with two attached hydrogens (primary N) is 3. The number of carbonyl (C=O) groups excluding carboxylic acids is 4. The van der Waals surface area contributed by atoms with Crippen molar-refractivity contribution in [2.24, 2.45) is 23.1 Å². The van der Waals surface area contributed by atoms with Gasteiger partial charge in [0.2, 0.25) is 24.0 Å². The molecule has 1 saturated heterocycles. The van der Waals surface area contributed by atoms with Crippen molar-refractivity contribution in [2.45, 2.75) is 89.4 Å². The molecule has 0 bridgehead atoms. The average Bonchev–Trinajstić information content (AvgIpc) is 3.28. The molecule has 3 amide bonds. The molecule has 1 aliphatic heterocycles. The Kier molecular flexibility index (Phi) is 13.9. The Morgan fingerprint density at radius 2 is 1.77 bits per heavy atom. The van der Waals surface area contributed by atoms with E-state index < -0.39 is 36.0 Å². The molecule has 1 rings (SSSR count). The first-order valence-electron chi connectivity index (χ1n) is 12.4. The van der Waals surface area contributed by atoms with Gasteiger partial charge in [0.05, 0.1) is 12.1 Å². The summed E-state index contributed by atoms with van der Waals surface area (Å²) >= 11 is 0. The third kappa shape index (κ3) is 11.0. The first kappa shape index (κ1) is 30.3. The minimum absolute atomic E-state index is 0.0982. The fourth-order valence-corrected chi connectivity index (χ4v) is 4.03. The van der Waals surface area contributed by atoms with Gasteiger partial charge in [0.1, 0.15) is 12.1 Å². The van der Waals surface area contributed by atoms with Gasteiger partial charge in [0, 0.05) is 13.1 Å². The normalized spacial score (nSPS) is 18.0. The average molecular weight is 496 g/mol. The monoisotopic (exact) mass is 495 g/mol. The summed E-state index contributed by atoms with van der Waals surface area (Å²) in [7, 11) is 0. The molecule has 0 aromatic carbocycles. The maximum atomic E-state index is 13.2. The first-order valence-corrected chi connectivity index (χ1v) is 12.4. The van der Waals surface area contributed by atoms with Gasteiger partial charge in [-0.3, -0.25) is 24.6 Å². The Morgan fingerprint density at radius 1 is 1.09 bits per heavy atom. The number of hydrogen-bond donors (Lipinski definition) is 7. The summed E-state index contributed by atoms with van der Waals surface area (Å²) < 4.78 is 0. The van der Waals surface area contributed by atoms with Crippen LogP contribution in [0.25, 0.3) is 0 Å². The number of nitrogens with zero attached hydrogens (tertiary/aromatic N) is 1. The van der Waals surface area contributed by atoms with Crippen molar-refractivity contribution in [2.75, 3.05) is 19.6 Å². The highest BCUT2D eigenvalue weighted by atomic mass is 16.2. The molecule has 0 aromatic rings. The number of nitrogens with one attached hydrogen (secondary N) is 4. The van der Waals surface area contributed by atoms with Crippen molar-refractivity contribution < 1.29 is 19.2 Å². The van der Waals surface area contributed by atoms with E-state index in [0.717, 1.165) is 6.42 Å². The molecule has 199 valence electrons. The molecular formula is C23H43N8O4. The molecule has 12 nitrogen and oxygen atoms in total. The first-order chi connectivity index (χ1) is 16.6. The van der Waals surface area contributed by atoms with Gasteiger partial charge in [-0.2, -0.15) is 0 Å². The summed E-state index contributed by atoms with van der Waals surface area (Å²) in [4.78, 5) is 51.8. The van der Waals surface area contributed by atoms with Crippen LogP contribution in [0, 0.1) is 11.3 Å². The van der Waals surface area contributed by atoms with Gasteiger partial charge in [-0.05, 0) is 57.4 Å². The molecule has 12 heteroatoms. The van der Waals surface area contributed by atoms with Crippen LogP contribution in [-0.4, -0.2) is 78.7 Å². The molecule has 0 aliphatic carbocycles. The van der Waals surface area contributed by atoms with Crippen LogP contribution in [0.5, 0.6) is 0 Å². The lowest BCUT2D eigenvalue weighted by atomic mass is 10.0. The molecule has 10 N–H and O–H groups in total. The Hall–Kier alpha value is -2.73. The minimum atomic E-state index is -0.894. The van der Waals surface area contributed by atoms with Gasteiger partial charge in [-0.15, -0.1) is 0 Å². The van der Waals surface area contributed by atoms with Crippen LogP contribution in [-0.2, 0) is 19.2 Å². The van der Waals surface area contributed by atoms with Crippen molar-refractivity contribution in [3.63, 3.8) is 0 Å². The van der Waals surface area contributed by atoms with Crippen LogP contribution in [0.3, 0.4) is 0 Å². The standard InChI is InChI=1S/C23H43N8O4/c1-15(2)13-19(30-20(33)17(25)8-3-4-10-24)21(34)29-18(9-5-11-28-23(26)27)22(35)31-12-6-7-16(31)14-32/h15-19H,3-13,24-25H2,1-2H3,(H,29,34)(H,30,33)(H4,26,27,28)/t16-,17-,18-,19-/m0/s1. The van der Waals surface area contributed by atoms with Crippen molar-refractivity contribution in [3.05, 3.63) is 0 Å². The van der Waals surface area contributed by atoms with E-state index in [-0.39, 0.29) is 24.2 Å². The van der Waals surface area contributed by atoms with Crippen molar-refractivity contribution in [1.82, 2.24) is 20.9 Å². The van der Waals surface area contributed by atoms with E-state index in [0.29, 0.717) is 58.2 Å². The highest BCUT2D eigenvalue weighted by Crippen LogP contribution is 2.18. The van der Waals surface area contributed by atoms with E-state index in [1.54, 1.807) is 0 Å². The van der Waals surface area contributed by atoms with Crippen molar-refractivity contribution in [1.29, 1.82) is 5.41 Å². The molecule has 35 heavy (non-hydrogen) atoms. The SMILES string of the molecule is CC(C)C[C@H](NC(=O)[C@@H](N)CCCCN)C(=O)N[C@@H](CCCNC(=N)N)C(=O)N1CCC[C@H]1[C]=O. The lowest BCUT2D eigenvalue weighted by molar-refractivity contribution is -0.137. The third-order valence-corrected chi connectivity index (χ3v) is 5.92. The number of carbonyl (C=O) groups is 3. The summed E-state index contributed by atoms with van der Waals surface area (Å²) in [6, 6.07) is -3.14. The Morgan fingerprint density at radius 3 is 2.37 bits per heavy atom. The van der Waals surface area contributed by atoms with Crippen LogP contribution in [0.4, 0.5) is 0 Å². The predicted molar refractivity (Wildman–Crippen MR) is 134 cm³/mol. The van der Waals surface area contributed by atoms with E-state index in [1.807, 2.05) is 20.1 Å². The predicted octanol–water partition coefficient (Wildman–Crippen LogP) is -1.18. The second-order valence-electron chi connectivity index (χ2n) is 9.43. The summed E-state index contributed by atoms with van der Waals surface area (Å²) in [5.74, 6) is -1.35. The molecule has 1 radical (unpaired) electrons. The number of rotatable bonds is 16. The Labute approximate surface area is 208 Å². The third-order valence-electron chi connectivity index (χ3n) is 5.92. The maximum absolute atomic E-state index is 13.2. The zero-order chi connectivity index (χ0) is 26.4. The van der Waals surface area contributed by atoms with Crippen LogP contribution < -0.4 is 33.2 Å². The number of hydrogen-bond acceptors (Lipinski definition) is 7. The molecule has 1 heterocycles. The highest BCUT2D eigenvalue weighted by Gasteiger charge is 2.35. The molecular weight excluding hydrogens is 452 g/mol. The smallest absolute Gasteiger partial charge is 0.245 e. The van der Waals surface area contributed by atoms with Gasteiger partial charge in [-0.25, -0.2) is 0 Å². The fourth-order valence-electron chi connectivity index (χ4n) is 4.03. The van der Waals surface area contributed by atoms with Gasteiger partial charge >= 0.3 is 0 Å². The lowest BCUT2D eigenvalue weighted by Crippen LogP contribution is -2.57. The van der Waals surface area contributed by atoms with Crippen LogP contribution in [0.2, 0.25) is 0 Å². The molecule has 0 unspecified atom stereocenters. The number of likely N-dealkylation sites (tertiary alicyclic amines) is 1. The Bertz CT molecular complexity index is 718. The van der Waals surface area contributed by atoms with Gasteiger partial charge in [0.15, 0.2) is 5.96 Å². The summed E-state index contributed by atoms with van der Waals surface area (Å²) in [5, 5.41) is 15.5. The summed E-state index contributed by atoms with van der Waals surface area (Å²) in [5.41, 5.74) is 16.8. The fraction of sp³-hybridized carbons (Fsp3) is 0.783. The topological polar surface area (TPSA) is 210 Å². The molecule has 0 saturated carbocycles. The van der Waals surface area contributed by atoms with E-state index in [2.05, 4.69) is 16.0 Å². The molecule has 4 atom stereocenters. The van der Waals surface area contributed by atoms with E-state index in [1.165, 1.54) is 4.90 Å². The van der Waals surface area contributed by atoms with Gasteiger partial charge in [0.25, 0.3) is 0 Å². The van der Waals surface area contributed by atoms with Gasteiger partial charge < -0.3 is 38.1 Å². The zero-order valence-electron chi connectivity index (χ0n) is 21.0. The zero-order valence-corrected chi connectivity index (χ0v) is 21.0. The second-order valence-corrected chi connectivity index (χ2v) is 9.43. The second kappa shape index (κ2) is 16.0. The molecule has 0 aromatic heterocycles. The van der Waals surface area contributed by atoms with E-state index >= 15 is 0 Å². The van der Waals surface area contributed by atoms with Gasteiger partial charge in [-0.1, -0.05) is 20.3 Å². The largest absolute Gasteiger partial charge is 0.370 e. The molecule has 1 fully saturated rings. The highest BCUT2D eigenvalue weighted by molar-refractivity contribution is 5.93. The van der Waals surface area contributed by atoms with Crippen LogP contribution >= 0.6 is 0 Å². The maximum Gasteiger partial charge on any atom is 0.245 e. The summed E-state index contributed by atoms with van der Waals surface area (Å²) in [6.45, 7) is 5.14. The van der Waals surface area contributed by atoms with Crippen LogP contribution in [0.15, 0.2) is 0 Å². The summed E-state index contributed by atoms with van der Waals surface area (Å²) in [6.07, 6.45) is 6.15. The van der Waals surface area contributed by atoms with Crippen molar-refractivity contribution in [3.8, 4) is 0 Å². The quantitative estimate of drug-likeness (QED) is 0.0785. The Balaban J connectivity index is 2.92. The number of unbranched alkanes of at least 4 members (excludes halogenated alkanes) is 1. The van der Waals surface area contributed by atoms with E-state index in [4.69, 9.17) is 22.6 Å².